The number of fused-ring (bicyclic) bond motifs is 2. The van der Waals surface area contributed by atoms with E-state index in [1.807, 2.05) is 19.2 Å². The number of amides is 1. The van der Waals surface area contributed by atoms with Crippen LogP contribution < -0.4 is 5.73 Å². The standard InChI is InChI=1S/C21H31N3O3/c1-26-21(15-8-9-23-19(11-15)20(22)25)16-5-4-6-17(21)13-24(12-16)14-18-7-2-3-10-27-18/h8-9,11,16-18H,2-7,10,12-14H2,1H3,(H2,22,25)/t16?,17?,18-,21?/m0/s1. The number of aromatic nitrogens is 1. The zero-order chi connectivity index (χ0) is 18.9. The van der Waals surface area contributed by atoms with Gasteiger partial charge in [0.2, 0.25) is 0 Å². The lowest BCUT2D eigenvalue weighted by Gasteiger charge is -2.55. The van der Waals surface area contributed by atoms with Crippen molar-refractivity contribution in [3.05, 3.63) is 29.6 Å². The van der Waals surface area contributed by atoms with Gasteiger partial charge in [-0.1, -0.05) is 6.42 Å². The van der Waals surface area contributed by atoms with Gasteiger partial charge in [0.05, 0.1) is 6.10 Å². The number of primary amides is 1. The van der Waals surface area contributed by atoms with Gasteiger partial charge in [-0.2, -0.15) is 0 Å². The van der Waals surface area contributed by atoms with E-state index in [1.54, 1.807) is 6.20 Å². The maximum absolute atomic E-state index is 11.6. The quantitative estimate of drug-likeness (QED) is 0.857. The predicted molar refractivity (Wildman–Crippen MR) is 102 cm³/mol. The molecule has 6 nitrogen and oxygen atoms in total. The van der Waals surface area contributed by atoms with E-state index in [1.165, 1.54) is 25.7 Å². The monoisotopic (exact) mass is 373 g/mol. The van der Waals surface area contributed by atoms with Gasteiger partial charge in [0.1, 0.15) is 11.3 Å². The number of ether oxygens (including phenoxy) is 2. The molecule has 2 aliphatic heterocycles. The SMILES string of the molecule is COC1(c2ccnc(C(N)=O)c2)C2CCCC1CN(C[C@@H]1CCCCO1)C2. The van der Waals surface area contributed by atoms with Gasteiger partial charge in [-0.3, -0.25) is 14.7 Å². The largest absolute Gasteiger partial charge is 0.377 e. The van der Waals surface area contributed by atoms with E-state index < -0.39 is 5.91 Å². The molecule has 0 spiro atoms. The molecule has 0 aromatic carbocycles. The van der Waals surface area contributed by atoms with Crippen molar-refractivity contribution >= 4 is 5.91 Å². The average molecular weight is 373 g/mol. The van der Waals surface area contributed by atoms with Crippen LogP contribution in [0.4, 0.5) is 0 Å². The molecule has 2 bridgehead atoms. The van der Waals surface area contributed by atoms with Gasteiger partial charge in [-0.15, -0.1) is 0 Å². The van der Waals surface area contributed by atoms with Crippen molar-refractivity contribution in [1.82, 2.24) is 9.88 Å². The molecule has 1 aromatic heterocycles. The third kappa shape index (κ3) is 3.50. The minimum atomic E-state index is -0.486. The molecule has 148 valence electrons. The summed E-state index contributed by atoms with van der Waals surface area (Å²) in [6.07, 6.45) is 9.22. The van der Waals surface area contributed by atoms with Gasteiger partial charge >= 0.3 is 0 Å². The molecule has 3 heterocycles. The van der Waals surface area contributed by atoms with E-state index in [0.717, 1.165) is 44.6 Å². The molecule has 4 rings (SSSR count). The molecule has 6 heteroatoms. The number of hydrogen-bond donors (Lipinski definition) is 1. The van der Waals surface area contributed by atoms with Crippen LogP contribution in [0.1, 0.15) is 54.6 Å². The number of carbonyl (C=O) groups is 1. The normalized spacial score (nSPS) is 34.3. The number of nitrogens with two attached hydrogens (primary N) is 1. The highest BCUT2D eigenvalue weighted by atomic mass is 16.5. The van der Waals surface area contributed by atoms with E-state index in [2.05, 4.69) is 9.88 Å². The van der Waals surface area contributed by atoms with Crippen molar-refractivity contribution in [1.29, 1.82) is 0 Å². The second-order valence-electron chi connectivity index (χ2n) is 8.32. The highest BCUT2D eigenvalue weighted by Crippen LogP contribution is 2.51. The highest BCUT2D eigenvalue weighted by Gasteiger charge is 2.53. The van der Waals surface area contributed by atoms with Crippen LogP contribution >= 0.6 is 0 Å². The number of nitrogens with zero attached hydrogens (tertiary/aromatic N) is 2. The molecule has 1 amide bonds. The lowest BCUT2D eigenvalue weighted by atomic mass is 9.62. The summed E-state index contributed by atoms with van der Waals surface area (Å²) in [6.45, 7) is 3.95. The first-order chi connectivity index (χ1) is 13.1. The third-order valence-corrected chi connectivity index (χ3v) is 6.81. The third-order valence-electron chi connectivity index (χ3n) is 6.81. The number of rotatable bonds is 5. The molecule has 2 N–H and O–H groups in total. The lowest BCUT2D eigenvalue weighted by molar-refractivity contribution is -0.173. The van der Waals surface area contributed by atoms with Crippen molar-refractivity contribution in [2.75, 3.05) is 33.4 Å². The summed E-state index contributed by atoms with van der Waals surface area (Å²) in [4.78, 5) is 18.4. The molecular weight excluding hydrogens is 342 g/mol. The molecule has 3 aliphatic rings. The Morgan fingerprint density at radius 2 is 2.07 bits per heavy atom. The van der Waals surface area contributed by atoms with E-state index in [9.17, 15) is 4.79 Å². The summed E-state index contributed by atoms with van der Waals surface area (Å²) >= 11 is 0. The van der Waals surface area contributed by atoms with Crippen LogP contribution in [0.3, 0.4) is 0 Å². The van der Waals surface area contributed by atoms with Crippen LogP contribution in [0.2, 0.25) is 0 Å². The maximum atomic E-state index is 11.6. The Kier molecular flexibility index (Phi) is 5.48. The molecule has 1 aromatic rings. The number of likely N-dealkylation sites (tertiary alicyclic amines) is 1. The molecule has 3 atom stereocenters. The fourth-order valence-corrected chi connectivity index (χ4v) is 5.64. The molecular formula is C21H31N3O3. The number of carbonyl (C=O) groups excluding carboxylic acids is 1. The molecule has 1 saturated carbocycles. The van der Waals surface area contributed by atoms with E-state index in [-0.39, 0.29) is 5.60 Å². The second kappa shape index (κ2) is 7.86. The fourth-order valence-electron chi connectivity index (χ4n) is 5.64. The second-order valence-corrected chi connectivity index (χ2v) is 8.32. The topological polar surface area (TPSA) is 77.7 Å². The van der Waals surface area contributed by atoms with Crippen molar-refractivity contribution in [3.63, 3.8) is 0 Å². The molecule has 1 aliphatic carbocycles. The van der Waals surface area contributed by atoms with Crippen molar-refractivity contribution < 1.29 is 14.3 Å². The first-order valence-electron chi connectivity index (χ1n) is 10.3. The number of piperidine rings is 1. The number of methoxy groups -OCH3 is 1. The first-order valence-corrected chi connectivity index (χ1v) is 10.3. The van der Waals surface area contributed by atoms with Gasteiger partial charge in [0.25, 0.3) is 5.91 Å². The highest BCUT2D eigenvalue weighted by molar-refractivity contribution is 5.90. The van der Waals surface area contributed by atoms with Crippen molar-refractivity contribution in [2.24, 2.45) is 17.6 Å². The zero-order valence-corrected chi connectivity index (χ0v) is 16.2. The summed E-state index contributed by atoms with van der Waals surface area (Å²) < 4.78 is 12.2. The first kappa shape index (κ1) is 18.8. The smallest absolute Gasteiger partial charge is 0.267 e. The summed E-state index contributed by atoms with van der Waals surface area (Å²) in [5.74, 6) is 0.323. The fraction of sp³-hybridized carbons (Fsp3) is 0.714. The van der Waals surface area contributed by atoms with Gasteiger partial charge in [0, 0.05) is 51.4 Å². The minimum absolute atomic E-state index is 0.319. The van der Waals surface area contributed by atoms with Crippen LogP contribution in [0.25, 0.3) is 0 Å². The van der Waals surface area contributed by atoms with Crippen LogP contribution in [0, 0.1) is 11.8 Å². The Hall–Kier alpha value is -1.50. The Balaban J connectivity index is 1.58. The molecule has 0 radical (unpaired) electrons. The summed E-state index contributed by atoms with van der Waals surface area (Å²) in [5.41, 5.74) is 6.49. The Bertz CT molecular complexity index is 660. The van der Waals surface area contributed by atoms with Crippen LogP contribution in [-0.4, -0.2) is 55.2 Å². The van der Waals surface area contributed by atoms with Gasteiger partial charge < -0.3 is 15.2 Å². The van der Waals surface area contributed by atoms with Gasteiger partial charge in [-0.25, -0.2) is 0 Å². The summed E-state index contributed by atoms with van der Waals surface area (Å²) in [7, 11) is 1.82. The maximum Gasteiger partial charge on any atom is 0.267 e. The summed E-state index contributed by atoms with van der Waals surface area (Å²) in [5, 5.41) is 0. The van der Waals surface area contributed by atoms with Crippen molar-refractivity contribution in [3.8, 4) is 0 Å². The molecule has 27 heavy (non-hydrogen) atoms. The Morgan fingerprint density at radius 1 is 1.30 bits per heavy atom. The molecule has 3 fully saturated rings. The lowest BCUT2D eigenvalue weighted by Crippen LogP contribution is -2.60. The minimum Gasteiger partial charge on any atom is -0.377 e. The van der Waals surface area contributed by atoms with E-state index in [0.29, 0.717) is 23.6 Å². The van der Waals surface area contributed by atoms with Gasteiger partial charge in [-0.05, 0) is 49.8 Å². The van der Waals surface area contributed by atoms with Crippen molar-refractivity contribution in [2.45, 2.75) is 50.2 Å². The van der Waals surface area contributed by atoms with Crippen LogP contribution in [0.5, 0.6) is 0 Å². The predicted octanol–water partition coefficient (Wildman–Crippen LogP) is 2.32. The number of hydrogen-bond acceptors (Lipinski definition) is 5. The van der Waals surface area contributed by atoms with Crippen LogP contribution in [0.15, 0.2) is 18.3 Å². The Labute approximate surface area is 161 Å². The summed E-state index contributed by atoms with van der Waals surface area (Å²) in [6, 6.07) is 3.85. The average Bonchev–Trinajstić information content (AvgIpc) is 2.68. The zero-order valence-electron chi connectivity index (χ0n) is 16.2. The molecule has 2 unspecified atom stereocenters. The van der Waals surface area contributed by atoms with E-state index in [4.69, 9.17) is 15.2 Å². The van der Waals surface area contributed by atoms with E-state index >= 15 is 0 Å². The van der Waals surface area contributed by atoms with Crippen LogP contribution in [-0.2, 0) is 15.1 Å². The molecule has 2 saturated heterocycles. The van der Waals surface area contributed by atoms with Gasteiger partial charge in [0.15, 0.2) is 0 Å². The Morgan fingerprint density at radius 3 is 2.70 bits per heavy atom. The number of pyridine rings is 1.